The maximum atomic E-state index is 12.4. The van der Waals surface area contributed by atoms with Gasteiger partial charge < -0.3 is 9.64 Å². The molecule has 0 unspecified atom stereocenters. The molecule has 5 nitrogen and oxygen atoms in total. The normalized spacial score (nSPS) is 31.1. The van der Waals surface area contributed by atoms with Gasteiger partial charge in [-0.2, -0.15) is 0 Å². The Morgan fingerprint density at radius 1 is 1.17 bits per heavy atom. The Hall–Kier alpha value is -0.950. The Morgan fingerprint density at radius 2 is 1.96 bits per heavy atom. The summed E-state index contributed by atoms with van der Waals surface area (Å²) < 4.78 is 33.5. The average molecular weight is 350 g/mol. The molecule has 6 heteroatoms. The SMILES string of the molecule is O=S(=O)(NC[C@H]1CO[C@@H]2CN(CC3CCC3)C[C@H]12)c1ccccc1. The smallest absolute Gasteiger partial charge is 0.240 e. The van der Waals surface area contributed by atoms with Gasteiger partial charge in [-0.3, -0.25) is 0 Å². The number of rotatable bonds is 6. The third-order valence-corrected chi connectivity index (χ3v) is 7.28. The molecule has 0 aromatic heterocycles. The van der Waals surface area contributed by atoms with Crippen molar-refractivity contribution in [3.63, 3.8) is 0 Å². The Morgan fingerprint density at radius 3 is 2.67 bits per heavy atom. The largest absolute Gasteiger partial charge is 0.376 e. The zero-order valence-corrected chi connectivity index (χ0v) is 14.7. The van der Waals surface area contributed by atoms with Crippen LogP contribution in [0.2, 0.25) is 0 Å². The number of nitrogens with one attached hydrogen (secondary N) is 1. The first-order valence-electron chi connectivity index (χ1n) is 9.00. The van der Waals surface area contributed by atoms with Crippen molar-refractivity contribution in [2.24, 2.45) is 17.8 Å². The number of hydrogen-bond acceptors (Lipinski definition) is 4. The standard InChI is InChI=1S/C18H26N2O3S/c21-24(22,16-7-2-1-3-8-16)19-9-15-13-23-18-12-20(11-17(15)18)10-14-5-4-6-14/h1-3,7-8,14-15,17-19H,4-6,9-13H2/t15-,17+,18+/m0/s1. The Balaban J connectivity index is 1.32. The number of sulfonamides is 1. The van der Waals surface area contributed by atoms with E-state index < -0.39 is 10.0 Å². The minimum Gasteiger partial charge on any atom is -0.376 e. The van der Waals surface area contributed by atoms with Crippen molar-refractivity contribution in [1.82, 2.24) is 9.62 Å². The first-order valence-corrected chi connectivity index (χ1v) is 10.5. The van der Waals surface area contributed by atoms with Crippen LogP contribution in [0.25, 0.3) is 0 Å². The number of nitrogens with zero attached hydrogens (tertiary/aromatic N) is 1. The minimum atomic E-state index is -3.42. The second kappa shape index (κ2) is 6.75. The van der Waals surface area contributed by atoms with Crippen LogP contribution >= 0.6 is 0 Å². The van der Waals surface area contributed by atoms with Crippen molar-refractivity contribution in [2.45, 2.75) is 30.3 Å². The van der Waals surface area contributed by atoms with Gasteiger partial charge in [-0.15, -0.1) is 0 Å². The Labute approximate surface area is 144 Å². The van der Waals surface area contributed by atoms with Crippen molar-refractivity contribution in [1.29, 1.82) is 0 Å². The zero-order chi connectivity index (χ0) is 16.6. The highest BCUT2D eigenvalue weighted by molar-refractivity contribution is 7.89. The van der Waals surface area contributed by atoms with Gasteiger partial charge in [-0.05, 0) is 30.9 Å². The van der Waals surface area contributed by atoms with Gasteiger partial charge in [-0.1, -0.05) is 24.6 Å². The van der Waals surface area contributed by atoms with Crippen molar-refractivity contribution in [2.75, 3.05) is 32.8 Å². The fraction of sp³-hybridized carbons (Fsp3) is 0.667. The topological polar surface area (TPSA) is 58.6 Å². The molecule has 1 aromatic rings. The van der Waals surface area contributed by atoms with Crippen LogP contribution in [0.4, 0.5) is 0 Å². The summed E-state index contributed by atoms with van der Waals surface area (Å²) in [6.45, 7) is 4.40. The quantitative estimate of drug-likeness (QED) is 0.849. The highest BCUT2D eigenvalue weighted by Gasteiger charge is 2.44. The van der Waals surface area contributed by atoms with E-state index in [2.05, 4.69) is 9.62 Å². The summed E-state index contributed by atoms with van der Waals surface area (Å²) >= 11 is 0. The summed E-state index contributed by atoms with van der Waals surface area (Å²) in [6.07, 6.45) is 4.41. The van der Waals surface area contributed by atoms with Gasteiger partial charge >= 0.3 is 0 Å². The summed E-state index contributed by atoms with van der Waals surface area (Å²) in [5, 5.41) is 0. The summed E-state index contributed by atoms with van der Waals surface area (Å²) in [7, 11) is -3.42. The van der Waals surface area contributed by atoms with Crippen LogP contribution in [-0.2, 0) is 14.8 Å². The molecule has 24 heavy (non-hydrogen) atoms. The molecule has 0 spiro atoms. The molecule has 4 rings (SSSR count). The summed E-state index contributed by atoms with van der Waals surface area (Å²) in [5.41, 5.74) is 0. The number of likely N-dealkylation sites (tertiary alicyclic amines) is 1. The first-order chi connectivity index (χ1) is 11.6. The molecule has 0 radical (unpaired) electrons. The van der Waals surface area contributed by atoms with E-state index >= 15 is 0 Å². The van der Waals surface area contributed by atoms with Gasteiger partial charge in [0.05, 0.1) is 17.6 Å². The Bertz CT molecular complexity index is 660. The van der Waals surface area contributed by atoms with E-state index in [-0.39, 0.29) is 12.0 Å². The summed E-state index contributed by atoms with van der Waals surface area (Å²) in [6, 6.07) is 8.58. The van der Waals surface area contributed by atoms with Crippen LogP contribution in [0.1, 0.15) is 19.3 Å². The van der Waals surface area contributed by atoms with E-state index in [4.69, 9.17) is 4.74 Å². The average Bonchev–Trinajstić information content (AvgIpc) is 3.10. The second-order valence-corrected chi connectivity index (χ2v) is 9.24. The van der Waals surface area contributed by atoms with Gasteiger partial charge in [0, 0.05) is 38.0 Å². The third-order valence-electron chi connectivity index (χ3n) is 5.84. The van der Waals surface area contributed by atoms with Crippen molar-refractivity contribution in [3.05, 3.63) is 30.3 Å². The maximum absolute atomic E-state index is 12.4. The van der Waals surface area contributed by atoms with Gasteiger partial charge in [0.25, 0.3) is 0 Å². The first kappa shape index (κ1) is 16.5. The van der Waals surface area contributed by atoms with Crippen LogP contribution in [0.3, 0.4) is 0 Å². The number of hydrogen-bond donors (Lipinski definition) is 1. The molecule has 3 atom stereocenters. The van der Waals surface area contributed by atoms with E-state index in [1.165, 1.54) is 25.8 Å². The predicted molar refractivity (Wildman–Crippen MR) is 92.1 cm³/mol. The molecular weight excluding hydrogens is 324 g/mol. The Kier molecular flexibility index (Phi) is 4.64. The second-order valence-electron chi connectivity index (χ2n) is 7.48. The lowest BCUT2D eigenvalue weighted by atomic mass is 9.85. The molecule has 2 heterocycles. The molecule has 2 saturated heterocycles. The highest BCUT2D eigenvalue weighted by Crippen LogP contribution is 2.36. The molecule has 132 valence electrons. The zero-order valence-electron chi connectivity index (χ0n) is 13.9. The molecule has 1 aromatic carbocycles. The van der Waals surface area contributed by atoms with Crippen LogP contribution in [0.5, 0.6) is 0 Å². The van der Waals surface area contributed by atoms with Crippen LogP contribution in [0, 0.1) is 17.8 Å². The van der Waals surface area contributed by atoms with Crippen molar-refractivity contribution < 1.29 is 13.2 Å². The minimum absolute atomic E-state index is 0.278. The summed E-state index contributed by atoms with van der Waals surface area (Å²) in [5.74, 6) is 1.61. The monoisotopic (exact) mass is 350 g/mol. The van der Waals surface area contributed by atoms with E-state index in [1.54, 1.807) is 24.3 Å². The fourth-order valence-electron chi connectivity index (χ4n) is 4.18. The predicted octanol–water partition coefficient (Wildman–Crippen LogP) is 1.71. The molecule has 3 fully saturated rings. The van der Waals surface area contributed by atoms with Gasteiger partial charge in [-0.25, -0.2) is 13.1 Å². The van der Waals surface area contributed by atoms with Crippen molar-refractivity contribution >= 4 is 10.0 Å². The fourth-order valence-corrected chi connectivity index (χ4v) is 5.30. The van der Waals surface area contributed by atoms with Gasteiger partial charge in [0.2, 0.25) is 10.0 Å². The van der Waals surface area contributed by atoms with E-state index in [0.717, 1.165) is 19.0 Å². The number of benzene rings is 1. The molecule has 0 bridgehead atoms. The molecule has 2 aliphatic heterocycles. The number of ether oxygens (including phenoxy) is 1. The third kappa shape index (κ3) is 3.38. The lowest BCUT2D eigenvalue weighted by Gasteiger charge is -2.30. The molecule has 1 saturated carbocycles. The molecular formula is C18H26N2O3S. The lowest BCUT2D eigenvalue weighted by molar-refractivity contribution is 0.0886. The van der Waals surface area contributed by atoms with Crippen LogP contribution < -0.4 is 4.72 Å². The van der Waals surface area contributed by atoms with Gasteiger partial charge in [0.1, 0.15) is 0 Å². The van der Waals surface area contributed by atoms with E-state index in [1.807, 2.05) is 6.07 Å². The molecule has 3 aliphatic rings. The maximum Gasteiger partial charge on any atom is 0.240 e. The van der Waals surface area contributed by atoms with Gasteiger partial charge in [0.15, 0.2) is 0 Å². The van der Waals surface area contributed by atoms with E-state index in [0.29, 0.717) is 24.0 Å². The van der Waals surface area contributed by atoms with Crippen molar-refractivity contribution in [3.8, 4) is 0 Å². The number of fused-ring (bicyclic) bond motifs is 1. The molecule has 1 N–H and O–H groups in total. The highest BCUT2D eigenvalue weighted by atomic mass is 32.2. The van der Waals surface area contributed by atoms with E-state index in [9.17, 15) is 8.42 Å². The summed E-state index contributed by atoms with van der Waals surface area (Å²) in [4.78, 5) is 2.86. The van der Waals surface area contributed by atoms with Crippen LogP contribution in [-0.4, -0.2) is 52.2 Å². The molecule has 1 aliphatic carbocycles. The molecule has 0 amide bonds. The lowest BCUT2D eigenvalue weighted by Crippen LogP contribution is -2.35. The van der Waals surface area contributed by atoms with Crippen LogP contribution in [0.15, 0.2) is 35.2 Å².